The Morgan fingerprint density at radius 1 is 1.03 bits per heavy atom. The largest absolute Gasteiger partial charge is 0.477 e. The number of anilines is 1. The smallest absolute Gasteiger partial charge is 0.341 e. The van der Waals surface area contributed by atoms with Gasteiger partial charge in [0.05, 0.1) is 11.2 Å². The van der Waals surface area contributed by atoms with Crippen molar-refractivity contribution in [3.63, 3.8) is 0 Å². The molecular formula is C26H21FN2O4. The van der Waals surface area contributed by atoms with Gasteiger partial charge in [-0.1, -0.05) is 48.0 Å². The molecule has 0 aliphatic heterocycles. The van der Waals surface area contributed by atoms with E-state index in [4.69, 9.17) is 0 Å². The summed E-state index contributed by atoms with van der Waals surface area (Å²) in [5.41, 5.74) is 1.34. The predicted molar refractivity (Wildman–Crippen MR) is 125 cm³/mol. The van der Waals surface area contributed by atoms with E-state index in [0.29, 0.717) is 11.1 Å². The number of pyridine rings is 1. The zero-order valence-electron chi connectivity index (χ0n) is 18.1. The van der Waals surface area contributed by atoms with E-state index in [2.05, 4.69) is 0 Å². The minimum atomic E-state index is -1.39. The number of amides is 1. The fourth-order valence-corrected chi connectivity index (χ4v) is 3.72. The second kappa shape index (κ2) is 8.70. The molecular weight excluding hydrogens is 423 g/mol. The third-order valence-electron chi connectivity index (χ3n) is 5.54. The fourth-order valence-electron chi connectivity index (χ4n) is 3.72. The minimum Gasteiger partial charge on any atom is -0.477 e. The van der Waals surface area contributed by atoms with Crippen molar-refractivity contribution in [2.75, 3.05) is 11.9 Å². The topological polar surface area (TPSA) is 79.6 Å². The first kappa shape index (κ1) is 22.0. The van der Waals surface area contributed by atoms with Gasteiger partial charge in [-0.05, 0) is 36.8 Å². The number of aromatic nitrogens is 1. The van der Waals surface area contributed by atoms with Crippen LogP contribution in [0, 0.1) is 12.7 Å². The summed E-state index contributed by atoms with van der Waals surface area (Å²) in [4.78, 5) is 38.5. The molecule has 4 rings (SSSR count). The monoisotopic (exact) mass is 444 g/mol. The Hall–Kier alpha value is -4.26. The van der Waals surface area contributed by atoms with Crippen LogP contribution in [0.2, 0.25) is 0 Å². The Bertz CT molecular complexity index is 1430. The lowest BCUT2D eigenvalue weighted by Crippen LogP contribution is -2.27. The standard InChI is InChI=1S/C26H21FN2O4/c1-16-8-10-18(11-9-16)25(31)28(2)23-13-22-19(12-21(23)27)24(30)20(26(32)33)15-29(22)14-17-6-4-3-5-7-17/h3-13,15H,14H2,1-2H3,(H,32,33). The Balaban J connectivity index is 1.88. The Morgan fingerprint density at radius 3 is 2.33 bits per heavy atom. The maximum absolute atomic E-state index is 15.1. The van der Waals surface area contributed by atoms with Gasteiger partial charge in [-0.3, -0.25) is 9.59 Å². The molecule has 3 aromatic carbocycles. The van der Waals surface area contributed by atoms with E-state index >= 15 is 4.39 Å². The van der Waals surface area contributed by atoms with Gasteiger partial charge >= 0.3 is 5.97 Å². The number of hydrogen-bond acceptors (Lipinski definition) is 3. The van der Waals surface area contributed by atoms with Crippen LogP contribution in [-0.4, -0.2) is 28.6 Å². The van der Waals surface area contributed by atoms with Crippen molar-refractivity contribution in [3.05, 3.63) is 111 Å². The molecule has 0 spiro atoms. The minimum absolute atomic E-state index is 0.0163. The van der Waals surface area contributed by atoms with Crippen LogP contribution in [0.4, 0.5) is 10.1 Å². The number of carbonyl (C=O) groups excluding carboxylic acids is 1. The van der Waals surface area contributed by atoms with Crippen molar-refractivity contribution in [3.8, 4) is 0 Å². The highest BCUT2D eigenvalue weighted by Gasteiger charge is 2.21. The van der Waals surface area contributed by atoms with Gasteiger partial charge < -0.3 is 14.6 Å². The number of carboxylic acid groups (broad SMARTS) is 1. The van der Waals surface area contributed by atoms with Crippen molar-refractivity contribution in [1.29, 1.82) is 0 Å². The van der Waals surface area contributed by atoms with Crippen molar-refractivity contribution >= 4 is 28.5 Å². The van der Waals surface area contributed by atoms with Gasteiger partial charge in [0.15, 0.2) is 0 Å². The van der Waals surface area contributed by atoms with Crippen molar-refractivity contribution in [1.82, 2.24) is 4.57 Å². The summed E-state index contributed by atoms with van der Waals surface area (Å²) in [7, 11) is 1.46. The van der Waals surface area contributed by atoms with Crippen molar-refractivity contribution in [2.45, 2.75) is 13.5 Å². The summed E-state index contributed by atoms with van der Waals surface area (Å²) < 4.78 is 16.7. The maximum Gasteiger partial charge on any atom is 0.341 e. The molecule has 0 fully saturated rings. The first-order valence-electron chi connectivity index (χ1n) is 10.2. The van der Waals surface area contributed by atoms with E-state index in [9.17, 15) is 19.5 Å². The number of aryl methyl sites for hydroxylation is 1. The van der Waals surface area contributed by atoms with Crippen LogP contribution in [-0.2, 0) is 6.54 Å². The lowest BCUT2D eigenvalue weighted by molar-refractivity contribution is 0.0694. The van der Waals surface area contributed by atoms with E-state index in [0.717, 1.165) is 17.2 Å². The van der Waals surface area contributed by atoms with Crippen molar-refractivity contribution < 1.29 is 19.1 Å². The molecule has 0 bridgehead atoms. The van der Waals surface area contributed by atoms with E-state index in [1.54, 1.807) is 28.8 Å². The maximum atomic E-state index is 15.1. The molecule has 1 N–H and O–H groups in total. The SMILES string of the molecule is Cc1ccc(C(=O)N(C)c2cc3c(cc2F)c(=O)c(C(=O)O)cn3Cc2ccccc2)cc1. The molecule has 1 heterocycles. The zero-order valence-corrected chi connectivity index (χ0v) is 18.1. The highest BCUT2D eigenvalue weighted by molar-refractivity contribution is 6.06. The molecule has 0 radical (unpaired) electrons. The van der Waals surface area contributed by atoms with Crippen LogP contribution in [0.5, 0.6) is 0 Å². The van der Waals surface area contributed by atoms with E-state index < -0.39 is 28.7 Å². The van der Waals surface area contributed by atoms with Crippen LogP contribution in [0.3, 0.4) is 0 Å². The number of halogens is 1. The van der Waals surface area contributed by atoms with Crippen LogP contribution < -0.4 is 10.3 Å². The Morgan fingerprint density at radius 2 is 1.70 bits per heavy atom. The van der Waals surface area contributed by atoms with Crippen LogP contribution in [0.25, 0.3) is 10.9 Å². The molecule has 1 aromatic heterocycles. The van der Waals surface area contributed by atoms with E-state index in [-0.39, 0.29) is 17.6 Å². The fraction of sp³-hybridized carbons (Fsp3) is 0.115. The van der Waals surface area contributed by atoms with Gasteiger partial charge in [0.25, 0.3) is 5.91 Å². The van der Waals surface area contributed by atoms with Crippen LogP contribution >= 0.6 is 0 Å². The van der Waals surface area contributed by atoms with Crippen LogP contribution in [0.1, 0.15) is 31.8 Å². The van der Waals surface area contributed by atoms with Gasteiger partial charge in [-0.25, -0.2) is 9.18 Å². The molecule has 0 aliphatic carbocycles. The van der Waals surface area contributed by atoms with Gasteiger partial charge in [-0.2, -0.15) is 0 Å². The van der Waals surface area contributed by atoms with Gasteiger partial charge in [0.1, 0.15) is 11.4 Å². The first-order chi connectivity index (χ1) is 15.8. The molecule has 166 valence electrons. The second-order valence-corrected chi connectivity index (χ2v) is 7.84. The average molecular weight is 444 g/mol. The second-order valence-electron chi connectivity index (χ2n) is 7.84. The van der Waals surface area contributed by atoms with E-state index in [1.807, 2.05) is 37.3 Å². The van der Waals surface area contributed by atoms with Gasteiger partial charge in [0.2, 0.25) is 5.43 Å². The number of fused-ring (bicyclic) bond motifs is 1. The molecule has 4 aromatic rings. The summed E-state index contributed by atoms with van der Waals surface area (Å²) in [5.74, 6) is -2.59. The lowest BCUT2D eigenvalue weighted by Gasteiger charge is -2.20. The molecule has 0 saturated carbocycles. The summed E-state index contributed by atoms with van der Waals surface area (Å²) in [6.07, 6.45) is 1.25. The predicted octanol–water partition coefficient (Wildman–Crippen LogP) is 4.47. The molecule has 0 atom stereocenters. The molecule has 0 saturated heterocycles. The molecule has 6 nitrogen and oxygen atoms in total. The highest BCUT2D eigenvalue weighted by atomic mass is 19.1. The molecule has 0 unspecified atom stereocenters. The Labute approximate surface area is 189 Å². The average Bonchev–Trinajstić information content (AvgIpc) is 2.80. The van der Waals surface area contributed by atoms with E-state index in [1.165, 1.54) is 24.2 Å². The number of carbonyl (C=O) groups is 2. The number of nitrogens with zero attached hydrogens (tertiary/aromatic N) is 2. The normalized spacial score (nSPS) is 10.9. The van der Waals surface area contributed by atoms with Crippen molar-refractivity contribution in [2.24, 2.45) is 0 Å². The third kappa shape index (κ3) is 4.25. The summed E-state index contributed by atoms with van der Waals surface area (Å²) in [5, 5.41) is 9.42. The zero-order chi connectivity index (χ0) is 23.7. The molecule has 1 amide bonds. The quantitative estimate of drug-likeness (QED) is 0.493. The molecule has 33 heavy (non-hydrogen) atoms. The summed E-state index contributed by atoms with van der Waals surface area (Å²) in [6, 6.07) is 18.6. The number of benzene rings is 3. The lowest BCUT2D eigenvalue weighted by atomic mass is 10.1. The van der Waals surface area contributed by atoms with Gasteiger partial charge in [0, 0.05) is 30.7 Å². The third-order valence-corrected chi connectivity index (χ3v) is 5.54. The number of rotatable bonds is 5. The Kier molecular flexibility index (Phi) is 5.79. The first-order valence-corrected chi connectivity index (χ1v) is 10.2. The van der Waals surface area contributed by atoms with Crippen LogP contribution in [0.15, 0.2) is 77.7 Å². The number of aromatic carboxylic acids is 1. The summed E-state index contributed by atoms with van der Waals surface area (Å²) >= 11 is 0. The molecule has 0 aliphatic rings. The number of carboxylic acids is 1. The highest BCUT2D eigenvalue weighted by Crippen LogP contribution is 2.26. The summed E-state index contributed by atoms with van der Waals surface area (Å²) in [6.45, 7) is 2.16. The number of hydrogen-bond donors (Lipinski definition) is 1. The van der Waals surface area contributed by atoms with Gasteiger partial charge in [-0.15, -0.1) is 0 Å². The molecule has 7 heteroatoms.